The van der Waals surface area contributed by atoms with Crippen LogP contribution in [-0.2, 0) is 4.79 Å². The number of carbonyl (C=O) groups is 1. The van der Waals surface area contributed by atoms with Crippen LogP contribution in [0.5, 0.6) is 5.75 Å². The number of amides is 1. The average molecular weight is 374 g/mol. The number of nitrogens with one attached hydrogen (secondary N) is 2. The lowest BCUT2D eigenvalue weighted by Gasteiger charge is -2.34. The van der Waals surface area contributed by atoms with Gasteiger partial charge in [-0.3, -0.25) is 9.69 Å². The van der Waals surface area contributed by atoms with Crippen molar-refractivity contribution in [3.05, 3.63) is 29.3 Å². The van der Waals surface area contributed by atoms with Crippen molar-refractivity contribution in [1.29, 1.82) is 0 Å². The lowest BCUT2D eigenvalue weighted by atomic mass is 10.00. The number of nitrogens with zero attached hydrogens (tertiary/aromatic N) is 1. The maximum Gasteiger partial charge on any atom is 0.225 e. The highest BCUT2D eigenvalue weighted by atomic mass is 35.5. The SMILES string of the molecule is Cl.O=C(NC1CCN(CCOc2ccc(Cl)cc2)CC1)C1CNC1. The van der Waals surface area contributed by atoms with Crippen molar-refractivity contribution in [2.75, 3.05) is 39.3 Å². The molecule has 2 heterocycles. The molecule has 2 fully saturated rings. The van der Waals surface area contributed by atoms with Crippen LogP contribution in [0.15, 0.2) is 24.3 Å². The first-order chi connectivity index (χ1) is 11.2. The number of ether oxygens (including phenoxy) is 1. The number of carbonyl (C=O) groups excluding carboxylic acids is 1. The highest BCUT2D eigenvalue weighted by Crippen LogP contribution is 2.16. The van der Waals surface area contributed by atoms with Gasteiger partial charge >= 0.3 is 0 Å². The Morgan fingerprint density at radius 1 is 1.25 bits per heavy atom. The number of benzene rings is 1. The zero-order valence-corrected chi connectivity index (χ0v) is 15.2. The molecule has 5 nitrogen and oxygen atoms in total. The third-order valence-corrected chi connectivity index (χ3v) is 4.83. The first-order valence-corrected chi connectivity index (χ1v) is 8.70. The van der Waals surface area contributed by atoms with Gasteiger partial charge in [-0.1, -0.05) is 11.6 Å². The molecule has 0 atom stereocenters. The van der Waals surface area contributed by atoms with Gasteiger partial charge in [0.15, 0.2) is 0 Å². The standard InChI is InChI=1S/C17H24ClN3O2.ClH/c18-14-1-3-16(4-2-14)23-10-9-21-7-5-15(6-8-21)20-17(22)13-11-19-12-13;/h1-4,13,15,19H,5-12H2,(H,20,22);1H. The second-order valence-corrected chi connectivity index (χ2v) is 6.72. The summed E-state index contributed by atoms with van der Waals surface area (Å²) in [5.41, 5.74) is 0. The van der Waals surface area contributed by atoms with Crippen LogP contribution in [0.3, 0.4) is 0 Å². The molecule has 0 radical (unpaired) electrons. The van der Waals surface area contributed by atoms with E-state index in [0.717, 1.165) is 56.3 Å². The Bertz CT molecular complexity index is 515. The predicted octanol–water partition coefficient (Wildman–Crippen LogP) is 1.94. The van der Waals surface area contributed by atoms with Crippen LogP contribution in [-0.4, -0.2) is 56.2 Å². The maximum absolute atomic E-state index is 11.9. The molecule has 134 valence electrons. The van der Waals surface area contributed by atoms with E-state index < -0.39 is 0 Å². The summed E-state index contributed by atoms with van der Waals surface area (Å²) in [7, 11) is 0. The number of hydrogen-bond donors (Lipinski definition) is 2. The molecule has 0 bridgehead atoms. The Labute approximate surface area is 154 Å². The number of hydrogen-bond acceptors (Lipinski definition) is 4. The van der Waals surface area contributed by atoms with E-state index in [0.29, 0.717) is 12.6 Å². The molecule has 2 aliphatic heterocycles. The van der Waals surface area contributed by atoms with Crippen LogP contribution in [0.25, 0.3) is 0 Å². The van der Waals surface area contributed by atoms with Gasteiger partial charge in [0, 0.05) is 43.8 Å². The molecular weight excluding hydrogens is 349 g/mol. The Kier molecular flexibility index (Phi) is 7.62. The number of likely N-dealkylation sites (tertiary alicyclic amines) is 1. The number of piperidine rings is 1. The van der Waals surface area contributed by atoms with Gasteiger partial charge in [0.25, 0.3) is 0 Å². The molecule has 2 aliphatic rings. The third kappa shape index (κ3) is 5.52. The minimum Gasteiger partial charge on any atom is -0.492 e. The molecule has 2 N–H and O–H groups in total. The minimum absolute atomic E-state index is 0. The van der Waals surface area contributed by atoms with Crippen LogP contribution < -0.4 is 15.4 Å². The fourth-order valence-electron chi connectivity index (χ4n) is 2.92. The topological polar surface area (TPSA) is 53.6 Å². The molecule has 0 aliphatic carbocycles. The molecule has 24 heavy (non-hydrogen) atoms. The van der Waals surface area contributed by atoms with Crippen molar-refractivity contribution in [2.24, 2.45) is 5.92 Å². The van der Waals surface area contributed by atoms with E-state index in [1.807, 2.05) is 24.3 Å². The van der Waals surface area contributed by atoms with Crippen LogP contribution in [0.4, 0.5) is 0 Å². The molecule has 1 aromatic rings. The van der Waals surface area contributed by atoms with Crippen LogP contribution in [0.1, 0.15) is 12.8 Å². The Hall–Kier alpha value is -1.01. The van der Waals surface area contributed by atoms with E-state index in [9.17, 15) is 4.79 Å². The largest absolute Gasteiger partial charge is 0.492 e. The quantitative estimate of drug-likeness (QED) is 0.799. The summed E-state index contributed by atoms with van der Waals surface area (Å²) in [5.74, 6) is 1.25. The van der Waals surface area contributed by atoms with E-state index in [1.165, 1.54) is 0 Å². The Balaban J connectivity index is 0.00000208. The number of halogens is 2. The first kappa shape index (κ1) is 19.3. The second-order valence-electron chi connectivity index (χ2n) is 6.28. The summed E-state index contributed by atoms with van der Waals surface area (Å²) < 4.78 is 5.73. The fourth-order valence-corrected chi connectivity index (χ4v) is 3.04. The predicted molar refractivity (Wildman–Crippen MR) is 98.2 cm³/mol. The highest BCUT2D eigenvalue weighted by molar-refractivity contribution is 6.30. The van der Waals surface area contributed by atoms with Gasteiger partial charge in [0.05, 0.1) is 5.92 Å². The summed E-state index contributed by atoms with van der Waals surface area (Å²) >= 11 is 5.85. The van der Waals surface area contributed by atoms with Gasteiger partial charge in [-0.05, 0) is 37.1 Å². The van der Waals surface area contributed by atoms with Crippen molar-refractivity contribution in [3.63, 3.8) is 0 Å². The van der Waals surface area contributed by atoms with Gasteiger partial charge in [-0.25, -0.2) is 0 Å². The average Bonchev–Trinajstić information content (AvgIpc) is 2.49. The molecule has 1 amide bonds. The van der Waals surface area contributed by atoms with E-state index in [1.54, 1.807) is 0 Å². The summed E-state index contributed by atoms with van der Waals surface area (Å²) in [6.45, 7) is 5.26. The van der Waals surface area contributed by atoms with Crippen molar-refractivity contribution >= 4 is 29.9 Å². The van der Waals surface area contributed by atoms with Gasteiger partial charge < -0.3 is 15.4 Å². The Morgan fingerprint density at radius 2 is 1.92 bits per heavy atom. The molecule has 0 aromatic heterocycles. The van der Waals surface area contributed by atoms with E-state index in [2.05, 4.69) is 15.5 Å². The molecule has 0 unspecified atom stereocenters. The number of rotatable bonds is 6. The van der Waals surface area contributed by atoms with E-state index in [4.69, 9.17) is 16.3 Å². The van der Waals surface area contributed by atoms with Crippen LogP contribution >= 0.6 is 24.0 Å². The summed E-state index contributed by atoms with van der Waals surface area (Å²) in [6.07, 6.45) is 2.04. The molecule has 0 spiro atoms. The zero-order valence-electron chi connectivity index (χ0n) is 13.7. The highest BCUT2D eigenvalue weighted by Gasteiger charge is 2.28. The van der Waals surface area contributed by atoms with Crippen LogP contribution in [0.2, 0.25) is 5.02 Å². The third-order valence-electron chi connectivity index (χ3n) is 4.58. The first-order valence-electron chi connectivity index (χ1n) is 8.32. The molecule has 3 rings (SSSR count). The lowest BCUT2D eigenvalue weighted by molar-refractivity contribution is -0.127. The van der Waals surface area contributed by atoms with Crippen molar-refractivity contribution in [1.82, 2.24) is 15.5 Å². The van der Waals surface area contributed by atoms with E-state index in [-0.39, 0.29) is 24.2 Å². The zero-order chi connectivity index (χ0) is 16.1. The molecule has 1 aromatic carbocycles. The van der Waals surface area contributed by atoms with Gasteiger partial charge in [0.1, 0.15) is 12.4 Å². The van der Waals surface area contributed by atoms with Crippen molar-refractivity contribution < 1.29 is 9.53 Å². The summed E-state index contributed by atoms with van der Waals surface area (Å²) in [6, 6.07) is 7.78. The molecular formula is C17H25Cl2N3O2. The van der Waals surface area contributed by atoms with Crippen LogP contribution in [0, 0.1) is 5.92 Å². The van der Waals surface area contributed by atoms with Crippen molar-refractivity contribution in [3.8, 4) is 5.75 Å². The molecule has 7 heteroatoms. The fraction of sp³-hybridized carbons (Fsp3) is 0.588. The molecule has 2 saturated heterocycles. The van der Waals surface area contributed by atoms with Gasteiger partial charge in [-0.2, -0.15) is 0 Å². The minimum atomic E-state index is 0. The summed E-state index contributed by atoms with van der Waals surface area (Å²) in [4.78, 5) is 14.3. The van der Waals surface area contributed by atoms with Gasteiger partial charge in [0.2, 0.25) is 5.91 Å². The lowest BCUT2D eigenvalue weighted by Crippen LogP contribution is -2.54. The second kappa shape index (κ2) is 9.47. The Morgan fingerprint density at radius 3 is 2.50 bits per heavy atom. The maximum atomic E-state index is 11.9. The van der Waals surface area contributed by atoms with E-state index >= 15 is 0 Å². The van der Waals surface area contributed by atoms with Crippen molar-refractivity contribution in [2.45, 2.75) is 18.9 Å². The molecule has 0 saturated carbocycles. The smallest absolute Gasteiger partial charge is 0.225 e. The monoisotopic (exact) mass is 373 g/mol. The summed E-state index contributed by atoms with van der Waals surface area (Å²) in [5, 5.41) is 7.04. The normalized spacial score (nSPS) is 19.2. The van der Waals surface area contributed by atoms with Gasteiger partial charge in [-0.15, -0.1) is 12.4 Å².